The van der Waals surface area contributed by atoms with Crippen molar-refractivity contribution in [3.8, 4) is 0 Å². The Bertz CT molecular complexity index is 1010. The Morgan fingerprint density at radius 2 is 1.94 bits per heavy atom. The maximum absolute atomic E-state index is 13.6. The Labute approximate surface area is 179 Å². The lowest BCUT2D eigenvalue weighted by Crippen LogP contribution is -2.51. The molecule has 1 atom stereocenters. The Kier molecular flexibility index (Phi) is 6.81. The van der Waals surface area contributed by atoms with E-state index >= 15 is 0 Å². The average molecular weight is 453 g/mol. The topological polar surface area (TPSA) is 118 Å². The maximum Gasteiger partial charge on any atom is 0.409 e. The van der Waals surface area contributed by atoms with Gasteiger partial charge in [-0.05, 0) is 24.3 Å². The first-order valence-electron chi connectivity index (χ1n) is 9.42. The first-order chi connectivity index (χ1) is 15.2. The summed E-state index contributed by atoms with van der Waals surface area (Å²) < 4.78 is 50.6. The lowest BCUT2D eigenvalue weighted by molar-refractivity contribution is -0.160. The van der Waals surface area contributed by atoms with E-state index < -0.39 is 48.9 Å². The number of benzene rings is 1. The van der Waals surface area contributed by atoms with Crippen molar-refractivity contribution in [2.24, 2.45) is 0 Å². The number of fused-ring (bicyclic) bond motifs is 1. The van der Waals surface area contributed by atoms with Crippen LogP contribution in [-0.4, -0.2) is 49.1 Å². The number of alkyl halides is 3. The Balaban J connectivity index is 1.63. The fraction of sp³-hybridized carbons (Fsp3) is 0.300. The number of para-hydroxylation sites is 2. The van der Waals surface area contributed by atoms with Crippen LogP contribution in [0.2, 0.25) is 0 Å². The largest absolute Gasteiger partial charge is 0.459 e. The molecular formula is C20H18F3N3O6. The first-order valence-corrected chi connectivity index (χ1v) is 9.42. The van der Waals surface area contributed by atoms with E-state index in [1.165, 1.54) is 42.7 Å². The molecule has 0 radical (unpaired) electrons. The molecule has 0 bridgehead atoms. The zero-order valence-electron chi connectivity index (χ0n) is 16.5. The zero-order chi connectivity index (χ0) is 23.3. The molecule has 2 aromatic rings. The van der Waals surface area contributed by atoms with Gasteiger partial charge in [0.15, 0.2) is 12.4 Å². The van der Waals surface area contributed by atoms with E-state index in [9.17, 15) is 32.3 Å². The van der Waals surface area contributed by atoms with E-state index in [4.69, 9.17) is 9.15 Å². The van der Waals surface area contributed by atoms with Crippen molar-refractivity contribution < 1.29 is 41.5 Å². The number of furan rings is 1. The SMILES string of the molecule is O=C1CC(C(F)(F)F)N(C(=O)COC(=O)CCNC(=O)c2ccco2)c2ccccc2N1. The number of halogens is 3. The second-order valence-corrected chi connectivity index (χ2v) is 6.73. The van der Waals surface area contributed by atoms with Crippen molar-refractivity contribution in [1.29, 1.82) is 0 Å². The van der Waals surface area contributed by atoms with Crippen LogP contribution in [0, 0.1) is 0 Å². The number of esters is 1. The minimum atomic E-state index is -4.90. The van der Waals surface area contributed by atoms with Gasteiger partial charge < -0.3 is 19.8 Å². The summed E-state index contributed by atoms with van der Waals surface area (Å²) in [6, 6.07) is 6.02. The maximum atomic E-state index is 13.6. The predicted octanol–water partition coefficient (Wildman–Crippen LogP) is 2.25. The number of nitrogens with zero attached hydrogens (tertiary/aromatic N) is 1. The van der Waals surface area contributed by atoms with E-state index in [-0.39, 0.29) is 30.1 Å². The molecule has 1 aromatic carbocycles. The van der Waals surface area contributed by atoms with Crippen LogP contribution in [0.15, 0.2) is 47.1 Å². The van der Waals surface area contributed by atoms with Gasteiger partial charge in [0.2, 0.25) is 5.91 Å². The minimum absolute atomic E-state index is 0.0320. The van der Waals surface area contributed by atoms with E-state index in [2.05, 4.69) is 10.6 Å². The molecule has 0 fully saturated rings. The second-order valence-electron chi connectivity index (χ2n) is 6.73. The first kappa shape index (κ1) is 22.8. The number of rotatable bonds is 6. The Hall–Kier alpha value is -3.83. The molecule has 0 saturated heterocycles. The van der Waals surface area contributed by atoms with Crippen LogP contribution in [0.5, 0.6) is 0 Å². The van der Waals surface area contributed by atoms with Gasteiger partial charge in [0.05, 0.1) is 30.5 Å². The molecule has 0 aliphatic carbocycles. The highest BCUT2D eigenvalue weighted by Gasteiger charge is 2.49. The normalized spacial score (nSPS) is 15.9. The average Bonchev–Trinajstić information content (AvgIpc) is 3.22. The third kappa shape index (κ3) is 5.45. The van der Waals surface area contributed by atoms with Gasteiger partial charge in [0, 0.05) is 6.54 Å². The van der Waals surface area contributed by atoms with Crippen molar-refractivity contribution >= 4 is 35.1 Å². The Morgan fingerprint density at radius 1 is 1.19 bits per heavy atom. The van der Waals surface area contributed by atoms with Crippen molar-refractivity contribution in [2.45, 2.75) is 25.1 Å². The molecule has 2 N–H and O–H groups in total. The van der Waals surface area contributed by atoms with Crippen LogP contribution in [0.1, 0.15) is 23.4 Å². The van der Waals surface area contributed by atoms with Gasteiger partial charge in [-0.15, -0.1) is 0 Å². The van der Waals surface area contributed by atoms with E-state index in [0.29, 0.717) is 4.90 Å². The highest BCUT2D eigenvalue weighted by Crippen LogP contribution is 2.37. The number of carbonyl (C=O) groups is 4. The fourth-order valence-corrected chi connectivity index (χ4v) is 3.05. The van der Waals surface area contributed by atoms with Crippen molar-refractivity contribution in [1.82, 2.24) is 5.32 Å². The van der Waals surface area contributed by atoms with Gasteiger partial charge in [-0.1, -0.05) is 12.1 Å². The molecule has 3 rings (SSSR count). The lowest BCUT2D eigenvalue weighted by Gasteiger charge is -2.31. The molecule has 3 amide bonds. The molecule has 12 heteroatoms. The lowest BCUT2D eigenvalue weighted by atomic mass is 10.1. The Morgan fingerprint density at radius 3 is 2.62 bits per heavy atom. The van der Waals surface area contributed by atoms with Crippen molar-refractivity contribution in [3.05, 3.63) is 48.4 Å². The van der Waals surface area contributed by atoms with Crippen LogP contribution in [-0.2, 0) is 19.1 Å². The number of anilines is 2. The van der Waals surface area contributed by atoms with Crippen LogP contribution < -0.4 is 15.5 Å². The monoisotopic (exact) mass is 453 g/mol. The fourth-order valence-electron chi connectivity index (χ4n) is 3.05. The minimum Gasteiger partial charge on any atom is -0.459 e. The van der Waals surface area contributed by atoms with Gasteiger partial charge in [0.25, 0.3) is 11.8 Å². The van der Waals surface area contributed by atoms with E-state index in [1.54, 1.807) is 0 Å². The molecular weight excluding hydrogens is 435 g/mol. The molecule has 1 unspecified atom stereocenters. The van der Waals surface area contributed by atoms with Gasteiger partial charge in [0.1, 0.15) is 6.04 Å². The van der Waals surface area contributed by atoms with Gasteiger partial charge in [-0.25, -0.2) is 0 Å². The molecule has 1 aliphatic rings. The number of carbonyl (C=O) groups excluding carboxylic acids is 4. The molecule has 1 aliphatic heterocycles. The summed E-state index contributed by atoms with van der Waals surface area (Å²) in [5.41, 5.74) is -0.128. The smallest absolute Gasteiger partial charge is 0.409 e. The zero-order valence-corrected chi connectivity index (χ0v) is 16.5. The van der Waals surface area contributed by atoms with Crippen LogP contribution in [0.3, 0.4) is 0 Å². The second kappa shape index (κ2) is 9.54. The molecule has 170 valence electrons. The molecule has 1 aromatic heterocycles. The van der Waals surface area contributed by atoms with Gasteiger partial charge in [-0.2, -0.15) is 13.2 Å². The number of hydrogen-bond acceptors (Lipinski definition) is 6. The summed E-state index contributed by atoms with van der Waals surface area (Å²) in [4.78, 5) is 48.6. The third-order valence-corrected chi connectivity index (χ3v) is 4.49. The quantitative estimate of drug-likeness (QED) is 0.648. The highest BCUT2D eigenvalue weighted by molar-refractivity contribution is 6.05. The van der Waals surface area contributed by atoms with Crippen LogP contribution >= 0.6 is 0 Å². The summed E-state index contributed by atoms with van der Waals surface area (Å²) >= 11 is 0. The summed E-state index contributed by atoms with van der Waals surface area (Å²) in [7, 11) is 0. The number of amides is 3. The summed E-state index contributed by atoms with van der Waals surface area (Å²) in [6.45, 7) is -1.11. The highest BCUT2D eigenvalue weighted by atomic mass is 19.4. The number of hydrogen-bond donors (Lipinski definition) is 2. The summed E-state index contributed by atoms with van der Waals surface area (Å²) in [6.07, 6.45) is -4.92. The molecule has 9 nitrogen and oxygen atoms in total. The standard InChI is InChI=1S/C20H18F3N3O6/c21-20(22,23)15-10-16(27)25-12-4-1-2-5-13(12)26(15)17(28)11-32-18(29)7-8-24-19(30)14-6-3-9-31-14/h1-6,9,15H,7-8,10-11H2,(H,24,30)(H,25,27). The molecule has 0 spiro atoms. The summed E-state index contributed by atoms with van der Waals surface area (Å²) in [5.74, 6) is -3.48. The van der Waals surface area contributed by atoms with Crippen LogP contribution in [0.25, 0.3) is 0 Å². The van der Waals surface area contributed by atoms with Gasteiger partial charge >= 0.3 is 12.1 Å². The van der Waals surface area contributed by atoms with Gasteiger partial charge in [-0.3, -0.25) is 24.1 Å². The van der Waals surface area contributed by atoms with Crippen molar-refractivity contribution in [3.63, 3.8) is 0 Å². The number of nitrogens with one attached hydrogen (secondary N) is 2. The molecule has 2 heterocycles. The van der Waals surface area contributed by atoms with Crippen LogP contribution in [0.4, 0.5) is 24.5 Å². The van der Waals surface area contributed by atoms with E-state index in [0.717, 1.165) is 0 Å². The molecule has 32 heavy (non-hydrogen) atoms. The van der Waals surface area contributed by atoms with Crippen molar-refractivity contribution in [2.75, 3.05) is 23.4 Å². The molecule has 0 saturated carbocycles. The third-order valence-electron chi connectivity index (χ3n) is 4.49. The number of ether oxygens (including phenoxy) is 1. The predicted molar refractivity (Wildman–Crippen MR) is 104 cm³/mol. The van der Waals surface area contributed by atoms with E-state index in [1.807, 2.05) is 0 Å². The summed E-state index contributed by atoms with van der Waals surface area (Å²) in [5, 5.41) is 4.73.